The van der Waals surface area contributed by atoms with Gasteiger partial charge < -0.3 is 15.4 Å². The van der Waals surface area contributed by atoms with Gasteiger partial charge in [-0.1, -0.05) is 18.2 Å². The molecule has 1 aromatic heterocycles. The average Bonchev–Trinajstić information content (AvgIpc) is 3.08. The number of guanidine groups is 1. The lowest BCUT2D eigenvalue weighted by Gasteiger charge is -2.12. The Morgan fingerprint density at radius 2 is 1.93 bits per heavy atom. The molecule has 2 rings (SSSR count). The molecule has 0 atom stereocenters. The van der Waals surface area contributed by atoms with Gasteiger partial charge in [0.25, 0.3) is 0 Å². The van der Waals surface area contributed by atoms with Crippen molar-refractivity contribution in [3.8, 4) is 5.75 Å². The molecule has 1 aromatic carbocycles. The Hall–Kier alpha value is -1.37. The topological polar surface area (TPSA) is 106 Å². The second-order valence-corrected chi connectivity index (χ2v) is 8.31. The number of nitrogens with one attached hydrogen (secondary N) is 2. The maximum absolute atomic E-state index is 11.4. The van der Waals surface area contributed by atoms with Crippen LogP contribution in [0.15, 0.2) is 45.6 Å². The predicted molar refractivity (Wildman–Crippen MR) is 120 cm³/mol. The molecule has 0 aliphatic carbocycles. The first kappa shape index (κ1) is 23.7. The van der Waals surface area contributed by atoms with Crippen molar-refractivity contribution in [3.05, 3.63) is 46.8 Å². The number of rotatable bonds is 8. The zero-order valence-electron chi connectivity index (χ0n) is 15.3. The minimum Gasteiger partial charge on any atom is -0.494 e. The monoisotopic (exact) mass is 524 g/mol. The van der Waals surface area contributed by atoms with E-state index < -0.39 is 10.0 Å². The van der Waals surface area contributed by atoms with Gasteiger partial charge >= 0.3 is 0 Å². The quantitative estimate of drug-likeness (QED) is 0.280. The first-order valence-electron chi connectivity index (χ1n) is 8.28. The Morgan fingerprint density at radius 3 is 2.56 bits per heavy atom. The van der Waals surface area contributed by atoms with Crippen LogP contribution < -0.4 is 20.5 Å². The van der Waals surface area contributed by atoms with E-state index in [0.29, 0.717) is 32.2 Å². The molecule has 27 heavy (non-hydrogen) atoms. The minimum absolute atomic E-state index is 0. The van der Waals surface area contributed by atoms with Gasteiger partial charge in [-0.3, -0.25) is 0 Å². The number of sulfonamides is 1. The van der Waals surface area contributed by atoms with Crippen molar-refractivity contribution in [2.75, 3.05) is 13.2 Å². The van der Waals surface area contributed by atoms with Crippen LogP contribution in [0.2, 0.25) is 0 Å². The Bertz CT molecular complexity index is 853. The summed E-state index contributed by atoms with van der Waals surface area (Å²) < 4.78 is 28.5. The first-order chi connectivity index (χ1) is 12.4. The van der Waals surface area contributed by atoms with Crippen molar-refractivity contribution in [2.24, 2.45) is 10.1 Å². The molecule has 10 heteroatoms. The maximum atomic E-state index is 11.4. The number of halogens is 1. The van der Waals surface area contributed by atoms with E-state index in [9.17, 15) is 8.42 Å². The standard InChI is InChI=1S/C17H24N4O3S2.HI/c1-3-19-17(20-11-13-7-5-6-8-15(13)24-4-2)21-12-14-9-10-16(25-14)26(18,22)23;/h5-10H,3-4,11-12H2,1-2H3,(H2,18,22,23)(H2,19,20,21);1H. The highest BCUT2D eigenvalue weighted by Gasteiger charge is 2.11. The molecule has 0 amide bonds. The van der Waals surface area contributed by atoms with Gasteiger partial charge in [-0.15, -0.1) is 35.3 Å². The van der Waals surface area contributed by atoms with E-state index in [1.165, 1.54) is 6.07 Å². The summed E-state index contributed by atoms with van der Waals surface area (Å²) in [6.07, 6.45) is 0. The third-order valence-corrected chi connectivity index (χ3v) is 5.90. The zero-order valence-corrected chi connectivity index (χ0v) is 19.2. The second kappa shape index (κ2) is 11.5. The fourth-order valence-electron chi connectivity index (χ4n) is 2.21. The summed E-state index contributed by atoms with van der Waals surface area (Å²) in [5, 5.41) is 11.5. The SMILES string of the molecule is CCNC(=NCc1ccccc1OCC)NCc1ccc(S(N)(=O)=O)s1.I. The van der Waals surface area contributed by atoms with E-state index >= 15 is 0 Å². The molecule has 2 aromatic rings. The van der Waals surface area contributed by atoms with Gasteiger partial charge in [0.15, 0.2) is 5.96 Å². The third-order valence-electron chi connectivity index (χ3n) is 3.37. The molecule has 0 bridgehead atoms. The first-order valence-corrected chi connectivity index (χ1v) is 10.6. The molecule has 0 fully saturated rings. The molecule has 0 aliphatic heterocycles. The number of ether oxygens (including phenoxy) is 1. The summed E-state index contributed by atoms with van der Waals surface area (Å²) in [5.74, 6) is 1.47. The van der Waals surface area contributed by atoms with Gasteiger partial charge in [0.2, 0.25) is 10.0 Å². The van der Waals surface area contributed by atoms with E-state index in [1.807, 2.05) is 38.1 Å². The molecular weight excluding hydrogens is 499 g/mol. The number of primary sulfonamides is 1. The Morgan fingerprint density at radius 1 is 1.19 bits per heavy atom. The molecule has 0 radical (unpaired) electrons. The van der Waals surface area contributed by atoms with E-state index in [4.69, 9.17) is 9.88 Å². The van der Waals surface area contributed by atoms with Gasteiger partial charge in [-0.05, 0) is 32.0 Å². The highest BCUT2D eigenvalue weighted by Crippen LogP contribution is 2.20. The largest absolute Gasteiger partial charge is 0.494 e. The predicted octanol–water partition coefficient (Wildman–Crippen LogP) is 2.67. The number of nitrogens with two attached hydrogens (primary N) is 1. The van der Waals surface area contributed by atoms with Crippen LogP contribution in [0, 0.1) is 0 Å². The van der Waals surface area contributed by atoms with Gasteiger partial charge in [0, 0.05) is 17.0 Å². The highest BCUT2D eigenvalue weighted by molar-refractivity contribution is 14.0. The van der Waals surface area contributed by atoms with Crippen LogP contribution in [-0.4, -0.2) is 27.5 Å². The van der Waals surface area contributed by atoms with Crippen molar-refractivity contribution in [2.45, 2.75) is 31.1 Å². The number of para-hydroxylation sites is 1. The number of hydrogen-bond acceptors (Lipinski definition) is 5. The Kier molecular flexibility index (Phi) is 10.1. The van der Waals surface area contributed by atoms with Crippen LogP contribution in [-0.2, 0) is 23.1 Å². The lowest BCUT2D eigenvalue weighted by molar-refractivity contribution is 0.336. The molecule has 1 heterocycles. The summed E-state index contributed by atoms with van der Waals surface area (Å²) in [7, 11) is -3.66. The van der Waals surface area contributed by atoms with Gasteiger partial charge in [0.05, 0.1) is 19.7 Å². The summed E-state index contributed by atoms with van der Waals surface area (Å²) in [6.45, 7) is 6.17. The van der Waals surface area contributed by atoms with Gasteiger partial charge in [-0.25, -0.2) is 18.5 Å². The normalized spacial score (nSPS) is 11.6. The fraction of sp³-hybridized carbons (Fsp3) is 0.353. The Labute approximate surface area is 181 Å². The van der Waals surface area contributed by atoms with E-state index in [2.05, 4.69) is 15.6 Å². The van der Waals surface area contributed by atoms with Crippen molar-refractivity contribution in [3.63, 3.8) is 0 Å². The number of hydrogen-bond donors (Lipinski definition) is 3. The summed E-state index contributed by atoms with van der Waals surface area (Å²) in [6, 6.07) is 11.0. The highest BCUT2D eigenvalue weighted by atomic mass is 127. The van der Waals surface area contributed by atoms with Crippen molar-refractivity contribution in [1.29, 1.82) is 0 Å². The van der Waals surface area contributed by atoms with Crippen molar-refractivity contribution < 1.29 is 13.2 Å². The number of thiophene rings is 1. The Balaban J connectivity index is 0.00000364. The van der Waals surface area contributed by atoms with Crippen molar-refractivity contribution in [1.82, 2.24) is 10.6 Å². The van der Waals surface area contributed by atoms with Gasteiger partial charge in [-0.2, -0.15) is 0 Å². The lowest BCUT2D eigenvalue weighted by Crippen LogP contribution is -2.36. The summed E-state index contributed by atoms with van der Waals surface area (Å²) in [5.41, 5.74) is 0.999. The molecule has 0 spiro atoms. The average molecular weight is 524 g/mol. The van der Waals surface area contributed by atoms with Crippen LogP contribution >= 0.6 is 35.3 Å². The smallest absolute Gasteiger partial charge is 0.247 e. The maximum Gasteiger partial charge on any atom is 0.247 e. The van der Waals surface area contributed by atoms with Gasteiger partial charge in [0.1, 0.15) is 9.96 Å². The molecule has 0 saturated carbocycles. The molecule has 150 valence electrons. The van der Waals surface area contributed by atoms with Crippen LogP contribution in [0.3, 0.4) is 0 Å². The summed E-state index contributed by atoms with van der Waals surface area (Å²) >= 11 is 1.15. The molecule has 4 N–H and O–H groups in total. The van der Waals surface area contributed by atoms with Crippen LogP contribution in [0.1, 0.15) is 24.3 Å². The minimum atomic E-state index is -3.66. The third kappa shape index (κ3) is 7.64. The zero-order chi connectivity index (χ0) is 19.0. The van der Waals surface area contributed by atoms with Crippen LogP contribution in [0.25, 0.3) is 0 Å². The number of nitrogens with zero attached hydrogens (tertiary/aromatic N) is 1. The molecule has 7 nitrogen and oxygen atoms in total. The van der Waals surface area contributed by atoms with E-state index in [0.717, 1.165) is 27.5 Å². The molecule has 0 saturated heterocycles. The van der Waals surface area contributed by atoms with Crippen LogP contribution in [0.4, 0.5) is 0 Å². The van der Waals surface area contributed by atoms with Crippen molar-refractivity contribution >= 4 is 51.3 Å². The number of benzene rings is 1. The molecule has 0 unspecified atom stereocenters. The summed E-state index contributed by atoms with van der Waals surface area (Å²) in [4.78, 5) is 5.43. The lowest BCUT2D eigenvalue weighted by atomic mass is 10.2. The van der Waals surface area contributed by atoms with Crippen LogP contribution in [0.5, 0.6) is 5.75 Å². The molecular formula is C17H25IN4O3S2. The van der Waals surface area contributed by atoms with E-state index in [1.54, 1.807) is 6.07 Å². The molecule has 0 aliphatic rings. The number of aliphatic imine (C=N–C) groups is 1. The van der Waals surface area contributed by atoms with E-state index in [-0.39, 0.29) is 28.2 Å². The second-order valence-electron chi connectivity index (χ2n) is 5.36. The fourth-order valence-corrected chi connectivity index (χ4v) is 3.93.